The summed E-state index contributed by atoms with van der Waals surface area (Å²) in [6, 6.07) is 4.62. The average molecular weight is 310 g/mol. The standard InChI is InChI=1S/C13H18N4O3S/c14-7-9-2-1-5-17(8-9)21(19,20)10-3-4-11-12(6-10)16-13(18)15-11/h3-4,6,9H,1-2,5,7-8,14H2,(H2,15,16,18). The highest BCUT2D eigenvalue weighted by atomic mass is 32.2. The molecule has 1 saturated heterocycles. The Kier molecular flexibility index (Phi) is 3.60. The van der Waals surface area contributed by atoms with Crippen LogP contribution in [0.3, 0.4) is 0 Å². The van der Waals surface area contributed by atoms with Gasteiger partial charge in [0.25, 0.3) is 0 Å². The van der Waals surface area contributed by atoms with E-state index >= 15 is 0 Å². The summed E-state index contributed by atoms with van der Waals surface area (Å²) in [6.07, 6.45) is 1.79. The fraction of sp³-hybridized carbons (Fsp3) is 0.462. The Morgan fingerprint density at radius 3 is 2.81 bits per heavy atom. The van der Waals surface area contributed by atoms with E-state index in [9.17, 15) is 13.2 Å². The zero-order valence-corrected chi connectivity index (χ0v) is 12.3. The van der Waals surface area contributed by atoms with Gasteiger partial charge >= 0.3 is 5.69 Å². The van der Waals surface area contributed by atoms with Gasteiger partial charge in [-0.25, -0.2) is 13.2 Å². The third-order valence-electron chi connectivity index (χ3n) is 3.94. The number of aromatic nitrogens is 2. The molecule has 0 bridgehead atoms. The molecule has 1 aliphatic rings. The molecular weight excluding hydrogens is 292 g/mol. The first-order valence-corrected chi connectivity index (χ1v) is 8.37. The van der Waals surface area contributed by atoms with Crippen LogP contribution in [0.2, 0.25) is 0 Å². The van der Waals surface area contributed by atoms with Gasteiger partial charge in [0.05, 0.1) is 15.9 Å². The quantitative estimate of drug-likeness (QED) is 0.752. The van der Waals surface area contributed by atoms with Crippen molar-refractivity contribution in [3.63, 3.8) is 0 Å². The lowest BCUT2D eigenvalue weighted by Crippen LogP contribution is -2.41. The van der Waals surface area contributed by atoms with Crippen molar-refractivity contribution in [1.82, 2.24) is 14.3 Å². The summed E-state index contributed by atoms with van der Waals surface area (Å²) >= 11 is 0. The Morgan fingerprint density at radius 2 is 2.05 bits per heavy atom. The van der Waals surface area contributed by atoms with Crippen LogP contribution in [-0.2, 0) is 10.0 Å². The zero-order valence-electron chi connectivity index (χ0n) is 11.5. The van der Waals surface area contributed by atoms with Crippen LogP contribution in [0.1, 0.15) is 12.8 Å². The summed E-state index contributed by atoms with van der Waals surface area (Å²) in [7, 11) is -3.55. The molecule has 1 atom stereocenters. The topological polar surface area (TPSA) is 112 Å². The molecule has 1 aromatic heterocycles. The molecule has 1 aromatic carbocycles. The number of imidazole rings is 1. The molecule has 2 aromatic rings. The first-order valence-electron chi connectivity index (χ1n) is 6.93. The lowest BCUT2D eigenvalue weighted by Gasteiger charge is -2.31. The second kappa shape index (κ2) is 5.28. The van der Waals surface area contributed by atoms with E-state index in [-0.39, 0.29) is 16.5 Å². The van der Waals surface area contributed by atoms with E-state index in [1.807, 2.05) is 0 Å². The van der Waals surface area contributed by atoms with E-state index in [2.05, 4.69) is 9.97 Å². The summed E-state index contributed by atoms with van der Waals surface area (Å²) in [4.78, 5) is 16.6. The number of nitrogens with zero attached hydrogens (tertiary/aromatic N) is 1. The summed E-state index contributed by atoms with van der Waals surface area (Å²) in [5, 5.41) is 0. The maximum absolute atomic E-state index is 12.7. The summed E-state index contributed by atoms with van der Waals surface area (Å²) in [5.41, 5.74) is 6.40. The minimum atomic E-state index is -3.55. The molecule has 0 aliphatic carbocycles. The van der Waals surface area contributed by atoms with Crippen molar-refractivity contribution in [2.75, 3.05) is 19.6 Å². The van der Waals surface area contributed by atoms with Gasteiger partial charge in [-0.05, 0) is 43.5 Å². The van der Waals surface area contributed by atoms with Crippen LogP contribution in [0.5, 0.6) is 0 Å². The smallest absolute Gasteiger partial charge is 0.323 e. The van der Waals surface area contributed by atoms with Gasteiger partial charge in [-0.3, -0.25) is 0 Å². The number of nitrogens with one attached hydrogen (secondary N) is 2. The van der Waals surface area contributed by atoms with Crippen LogP contribution in [0, 0.1) is 5.92 Å². The highest BCUT2D eigenvalue weighted by Gasteiger charge is 2.29. The van der Waals surface area contributed by atoms with Crippen LogP contribution in [-0.4, -0.2) is 42.3 Å². The third-order valence-corrected chi connectivity index (χ3v) is 5.80. The molecule has 2 heterocycles. The second-order valence-corrected chi connectivity index (χ2v) is 7.33. The number of aromatic amines is 2. The van der Waals surface area contributed by atoms with Gasteiger partial charge in [0.2, 0.25) is 10.0 Å². The first kappa shape index (κ1) is 14.3. The number of rotatable bonds is 3. The maximum Gasteiger partial charge on any atom is 0.323 e. The van der Waals surface area contributed by atoms with E-state index in [1.54, 1.807) is 6.07 Å². The van der Waals surface area contributed by atoms with E-state index in [1.165, 1.54) is 16.4 Å². The van der Waals surface area contributed by atoms with Crippen molar-refractivity contribution in [2.24, 2.45) is 11.7 Å². The van der Waals surface area contributed by atoms with Gasteiger partial charge in [0, 0.05) is 13.1 Å². The molecule has 1 unspecified atom stereocenters. The minimum absolute atomic E-state index is 0.197. The number of benzene rings is 1. The Balaban J connectivity index is 1.97. The maximum atomic E-state index is 12.7. The predicted octanol–water partition coefficient (Wildman–Crippen LogP) is 0.216. The number of H-pyrrole nitrogens is 2. The molecule has 1 aliphatic heterocycles. The summed E-state index contributed by atoms with van der Waals surface area (Å²) < 4.78 is 26.9. The number of piperidine rings is 1. The SMILES string of the molecule is NCC1CCCN(S(=O)(=O)c2ccc3[nH]c(=O)[nH]c3c2)C1. The van der Waals surface area contributed by atoms with Gasteiger partial charge in [-0.2, -0.15) is 4.31 Å². The lowest BCUT2D eigenvalue weighted by molar-refractivity contribution is 0.271. The molecule has 0 spiro atoms. The summed E-state index contributed by atoms with van der Waals surface area (Å²) in [6.45, 7) is 1.47. The van der Waals surface area contributed by atoms with Crippen molar-refractivity contribution < 1.29 is 8.42 Å². The molecule has 8 heteroatoms. The molecule has 3 rings (SSSR count). The largest absolute Gasteiger partial charge is 0.330 e. The van der Waals surface area contributed by atoms with Crippen molar-refractivity contribution in [3.05, 3.63) is 28.7 Å². The van der Waals surface area contributed by atoms with Crippen LogP contribution in [0.25, 0.3) is 11.0 Å². The Morgan fingerprint density at radius 1 is 1.29 bits per heavy atom. The van der Waals surface area contributed by atoms with E-state index in [4.69, 9.17) is 5.73 Å². The highest BCUT2D eigenvalue weighted by Crippen LogP contribution is 2.24. The van der Waals surface area contributed by atoms with Crippen LogP contribution in [0.4, 0.5) is 0 Å². The van der Waals surface area contributed by atoms with Gasteiger partial charge in [0.15, 0.2) is 0 Å². The van der Waals surface area contributed by atoms with Crippen LogP contribution in [0.15, 0.2) is 27.9 Å². The second-order valence-electron chi connectivity index (χ2n) is 5.39. The van der Waals surface area contributed by atoms with Crippen LogP contribution < -0.4 is 11.4 Å². The molecule has 7 nitrogen and oxygen atoms in total. The molecule has 21 heavy (non-hydrogen) atoms. The monoisotopic (exact) mass is 310 g/mol. The summed E-state index contributed by atoms with van der Waals surface area (Å²) in [5.74, 6) is 0.212. The molecule has 0 radical (unpaired) electrons. The van der Waals surface area contributed by atoms with Gasteiger partial charge in [-0.1, -0.05) is 0 Å². The third kappa shape index (κ3) is 2.61. The predicted molar refractivity (Wildman–Crippen MR) is 79.5 cm³/mol. The zero-order chi connectivity index (χ0) is 15.0. The van der Waals surface area contributed by atoms with Crippen molar-refractivity contribution >= 4 is 21.1 Å². The molecule has 0 saturated carbocycles. The fourth-order valence-electron chi connectivity index (χ4n) is 2.76. The first-order chi connectivity index (χ1) is 10.0. The van der Waals surface area contributed by atoms with Gasteiger partial charge in [0.1, 0.15) is 0 Å². The van der Waals surface area contributed by atoms with Crippen LogP contribution >= 0.6 is 0 Å². The van der Waals surface area contributed by atoms with E-state index < -0.39 is 10.0 Å². The molecule has 114 valence electrons. The van der Waals surface area contributed by atoms with E-state index in [0.717, 1.165) is 12.8 Å². The highest BCUT2D eigenvalue weighted by molar-refractivity contribution is 7.89. The Bertz CT molecular complexity index is 808. The number of hydrogen-bond donors (Lipinski definition) is 3. The number of fused-ring (bicyclic) bond motifs is 1. The van der Waals surface area contributed by atoms with Gasteiger partial charge < -0.3 is 15.7 Å². The van der Waals surface area contributed by atoms with Crippen molar-refractivity contribution in [1.29, 1.82) is 0 Å². The fourth-order valence-corrected chi connectivity index (χ4v) is 4.34. The Hall–Kier alpha value is -1.64. The number of sulfonamides is 1. The minimum Gasteiger partial charge on any atom is -0.330 e. The van der Waals surface area contributed by atoms with E-state index in [0.29, 0.717) is 30.7 Å². The number of nitrogens with two attached hydrogens (primary N) is 1. The molecular formula is C13H18N4O3S. The van der Waals surface area contributed by atoms with Crippen molar-refractivity contribution in [2.45, 2.75) is 17.7 Å². The van der Waals surface area contributed by atoms with Gasteiger partial charge in [-0.15, -0.1) is 0 Å². The average Bonchev–Trinajstić information content (AvgIpc) is 2.86. The number of hydrogen-bond acceptors (Lipinski definition) is 4. The normalized spacial score (nSPS) is 20.9. The molecule has 4 N–H and O–H groups in total. The molecule has 1 fully saturated rings. The van der Waals surface area contributed by atoms with Crippen molar-refractivity contribution in [3.8, 4) is 0 Å². The lowest BCUT2D eigenvalue weighted by atomic mass is 10.0. The Labute approximate surface area is 122 Å². The molecule has 0 amide bonds.